The van der Waals surface area contributed by atoms with Gasteiger partial charge in [0.05, 0.1) is 0 Å². The van der Waals surface area contributed by atoms with E-state index >= 15 is 0 Å². The predicted octanol–water partition coefficient (Wildman–Crippen LogP) is 6.07. The Bertz CT molecular complexity index is 1440. The van der Waals surface area contributed by atoms with Crippen molar-refractivity contribution in [2.75, 3.05) is 39.3 Å². The smallest absolute Gasteiger partial charge is 0.251 e. The van der Waals surface area contributed by atoms with Crippen LogP contribution in [-0.2, 0) is 13.1 Å². The average molecular weight is 539 g/mol. The van der Waals surface area contributed by atoms with Gasteiger partial charge in [0.2, 0.25) is 0 Å². The molecule has 6 rings (SSSR count). The van der Waals surface area contributed by atoms with Crippen LogP contribution in [0.15, 0.2) is 66.7 Å². The SMILES string of the molecule is CCn1c2ccccc2c2cc(CN3CCCC(Oc4ccc(C(=O)NCCCN5CCCC5)cc4)C3)ccc21. The number of rotatable bonds is 10. The number of hydrogen-bond donors (Lipinski definition) is 1. The lowest BCUT2D eigenvalue weighted by molar-refractivity contribution is 0.0843. The van der Waals surface area contributed by atoms with Gasteiger partial charge in [-0.15, -0.1) is 0 Å². The molecule has 210 valence electrons. The van der Waals surface area contributed by atoms with Crippen LogP contribution in [-0.4, -0.2) is 65.6 Å². The summed E-state index contributed by atoms with van der Waals surface area (Å²) in [5, 5.41) is 5.74. The van der Waals surface area contributed by atoms with E-state index in [4.69, 9.17) is 4.74 Å². The Hall–Kier alpha value is -3.35. The Labute approximate surface area is 237 Å². The number of likely N-dealkylation sites (tertiary alicyclic amines) is 2. The summed E-state index contributed by atoms with van der Waals surface area (Å²) < 4.78 is 8.78. The summed E-state index contributed by atoms with van der Waals surface area (Å²) in [6, 6.07) is 23.3. The maximum Gasteiger partial charge on any atom is 0.251 e. The molecule has 0 saturated carbocycles. The van der Waals surface area contributed by atoms with Gasteiger partial charge in [-0.25, -0.2) is 0 Å². The summed E-state index contributed by atoms with van der Waals surface area (Å²) in [6.07, 6.45) is 5.95. The van der Waals surface area contributed by atoms with Crippen molar-refractivity contribution in [2.24, 2.45) is 0 Å². The Morgan fingerprint density at radius 3 is 2.50 bits per heavy atom. The number of nitrogens with one attached hydrogen (secondary N) is 1. The van der Waals surface area contributed by atoms with Crippen molar-refractivity contribution in [3.63, 3.8) is 0 Å². The predicted molar refractivity (Wildman–Crippen MR) is 163 cm³/mol. The van der Waals surface area contributed by atoms with E-state index in [1.165, 1.54) is 53.3 Å². The van der Waals surface area contributed by atoms with Crippen molar-refractivity contribution in [3.8, 4) is 5.75 Å². The molecule has 0 aliphatic carbocycles. The fraction of sp³-hybridized carbons (Fsp3) is 0.441. The molecule has 3 aromatic carbocycles. The maximum absolute atomic E-state index is 12.6. The van der Waals surface area contributed by atoms with Crippen LogP contribution >= 0.6 is 0 Å². The summed E-state index contributed by atoms with van der Waals surface area (Å²) >= 11 is 0. The molecule has 2 fully saturated rings. The van der Waals surface area contributed by atoms with Crippen LogP contribution in [0.1, 0.15) is 54.9 Å². The third-order valence-electron chi connectivity index (χ3n) is 8.58. The second-order valence-corrected chi connectivity index (χ2v) is 11.4. The number of nitrogens with zero attached hydrogens (tertiary/aromatic N) is 3. The molecule has 6 nitrogen and oxygen atoms in total. The van der Waals surface area contributed by atoms with Crippen LogP contribution in [0.2, 0.25) is 0 Å². The number of aryl methyl sites for hydroxylation is 1. The minimum atomic E-state index is -0.00385. The number of amides is 1. The first-order valence-corrected chi connectivity index (χ1v) is 15.2. The van der Waals surface area contributed by atoms with Crippen molar-refractivity contribution < 1.29 is 9.53 Å². The molecule has 1 aromatic heterocycles. The van der Waals surface area contributed by atoms with E-state index in [0.717, 1.165) is 64.3 Å². The Morgan fingerprint density at radius 2 is 1.68 bits per heavy atom. The molecule has 6 heteroatoms. The normalized spacial score (nSPS) is 18.5. The molecule has 2 saturated heterocycles. The van der Waals surface area contributed by atoms with E-state index in [0.29, 0.717) is 5.56 Å². The van der Waals surface area contributed by atoms with Crippen LogP contribution in [0.4, 0.5) is 0 Å². The highest BCUT2D eigenvalue weighted by atomic mass is 16.5. The van der Waals surface area contributed by atoms with Gasteiger partial charge in [-0.3, -0.25) is 9.69 Å². The van der Waals surface area contributed by atoms with Gasteiger partial charge in [0.15, 0.2) is 0 Å². The molecule has 3 heterocycles. The van der Waals surface area contributed by atoms with Gasteiger partial charge in [-0.05, 0) is 113 Å². The molecule has 2 aliphatic rings. The second kappa shape index (κ2) is 12.4. The fourth-order valence-corrected chi connectivity index (χ4v) is 6.54. The van der Waals surface area contributed by atoms with Gasteiger partial charge in [0.1, 0.15) is 11.9 Å². The van der Waals surface area contributed by atoms with Gasteiger partial charge in [-0.2, -0.15) is 0 Å². The van der Waals surface area contributed by atoms with E-state index in [-0.39, 0.29) is 12.0 Å². The zero-order valence-electron chi connectivity index (χ0n) is 23.8. The number of piperidine rings is 1. The molecule has 0 bridgehead atoms. The maximum atomic E-state index is 12.6. The number of fused-ring (bicyclic) bond motifs is 3. The second-order valence-electron chi connectivity index (χ2n) is 11.4. The van der Waals surface area contributed by atoms with Gasteiger partial charge in [-0.1, -0.05) is 24.3 Å². The minimum absolute atomic E-state index is 0.00385. The van der Waals surface area contributed by atoms with Crippen molar-refractivity contribution in [3.05, 3.63) is 77.9 Å². The van der Waals surface area contributed by atoms with Crippen molar-refractivity contribution in [1.82, 2.24) is 19.7 Å². The standard InChI is InChI=1S/C34H42N4O2/c1-2-38-32-11-4-3-10-30(32)31-23-26(12-17-33(31)38)24-37-21-7-9-29(25-37)40-28-15-13-27(14-16-28)34(39)35-18-8-22-36-19-5-6-20-36/h3-4,10-17,23,29H,2,5-9,18-22,24-25H2,1H3,(H,35,39). The zero-order valence-corrected chi connectivity index (χ0v) is 23.8. The highest BCUT2D eigenvalue weighted by Crippen LogP contribution is 2.30. The summed E-state index contributed by atoms with van der Waals surface area (Å²) in [7, 11) is 0. The number of ether oxygens (including phenoxy) is 1. The van der Waals surface area contributed by atoms with Gasteiger partial charge < -0.3 is 19.5 Å². The van der Waals surface area contributed by atoms with Crippen LogP contribution in [0.25, 0.3) is 21.8 Å². The molecule has 2 aliphatic heterocycles. The molecule has 0 radical (unpaired) electrons. The third-order valence-corrected chi connectivity index (χ3v) is 8.58. The Morgan fingerprint density at radius 1 is 0.900 bits per heavy atom. The van der Waals surface area contributed by atoms with Crippen molar-refractivity contribution in [2.45, 2.75) is 58.2 Å². The molecule has 4 aromatic rings. The Kier molecular flexibility index (Phi) is 8.35. The molecule has 1 unspecified atom stereocenters. The first-order valence-electron chi connectivity index (χ1n) is 15.2. The first kappa shape index (κ1) is 26.9. The number of hydrogen-bond acceptors (Lipinski definition) is 4. The third kappa shape index (κ3) is 6.03. The number of benzene rings is 3. The number of para-hydroxylation sites is 1. The van der Waals surface area contributed by atoms with Gasteiger partial charge in [0.25, 0.3) is 5.91 Å². The first-order chi connectivity index (χ1) is 19.7. The van der Waals surface area contributed by atoms with Gasteiger partial charge in [0, 0.05) is 53.5 Å². The highest BCUT2D eigenvalue weighted by molar-refractivity contribution is 6.08. The molecule has 1 amide bonds. The van der Waals surface area contributed by atoms with Gasteiger partial charge >= 0.3 is 0 Å². The largest absolute Gasteiger partial charge is 0.489 e. The average Bonchev–Trinajstić information content (AvgIpc) is 3.62. The van der Waals surface area contributed by atoms with Crippen LogP contribution in [0.5, 0.6) is 5.75 Å². The lowest BCUT2D eigenvalue weighted by atomic mass is 10.1. The van der Waals surface area contributed by atoms with E-state index in [2.05, 4.69) is 69.1 Å². The monoisotopic (exact) mass is 538 g/mol. The lowest BCUT2D eigenvalue weighted by Crippen LogP contribution is -2.40. The van der Waals surface area contributed by atoms with E-state index < -0.39 is 0 Å². The fourth-order valence-electron chi connectivity index (χ4n) is 6.54. The summed E-state index contributed by atoms with van der Waals surface area (Å²) in [4.78, 5) is 17.6. The quantitative estimate of drug-likeness (QED) is 0.249. The zero-order chi connectivity index (χ0) is 27.3. The Balaban J connectivity index is 1.02. The number of aromatic nitrogens is 1. The molecule has 0 spiro atoms. The summed E-state index contributed by atoms with van der Waals surface area (Å²) in [5.41, 5.74) is 4.66. The van der Waals surface area contributed by atoms with Crippen LogP contribution < -0.4 is 10.1 Å². The molecule has 40 heavy (non-hydrogen) atoms. The summed E-state index contributed by atoms with van der Waals surface area (Å²) in [6.45, 7) is 10.3. The summed E-state index contributed by atoms with van der Waals surface area (Å²) in [5.74, 6) is 0.835. The number of carbonyl (C=O) groups excluding carboxylic acids is 1. The highest BCUT2D eigenvalue weighted by Gasteiger charge is 2.22. The van der Waals surface area contributed by atoms with E-state index in [1.807, 2.05) is 24.3 Å². The number of carbonyl (C=O) groups is 1. The van der Waals surface area contributed by atoms with Crippen LogP contribution in [0, 0.1) is 0 Å². The molecular formula is C34H42N4O2. The van der Waals surface area contributed by atoms with Crippen molar-refractivity contribution in [1.29, 1.82) is 0 Å². The van der Waals surface area contributed by atoms with Crippen LogP contribution in [0.3, 0.4) is 0 Å². The molecule has 1 atom stereocenters. The lowest BCUT2D eigenvalue weighted by Gasteiger charge is -2.33. The van der Waals surface area contributed by atoms with E-state index in [1.54, 1.807) is 0 Å². The topological polar surface area (TPSA) is 49.7 Å². The van der Waals surface area contributed by atoms with E-state index in [9.17, 15) is 4.79 Å². The molecule has 1 N–H and O–H groups in total. The van der Waals surface area contributed by atoms with Crippen molar-refractivity contribution >= 4 is 27.7 Å². The molecular weight excluding hydrogens is 496 g/mol. The minimum Gasteiger partial charge on any atom is -0.489 e.